The van der Waals surface area contributed by atoms with Crippen LogP contribution in [0.2, 0.25) is 0 Å². The second-order valence-electron chi connectivity index (χ2n) is 4.23. The molecule has 0 radical (unpaired) electrons. The van der Waals surface area contributed by atoms with Crippen LogP contribution in [0.1, 0.15) is 0 Å². The standard InChI is InChI=1S/C14H12FN3O/c1-18(10-7-5-9(15)6-8-10)14-17-13-11(16)3-2-4-12(13)19-14/h2-8H,16H2,1H3. The first-order valence-corrected chi connectivity index (χ1v) is 5.79. The maximum atomic E-state index is 12.9. The average molecular weight is 257 g/mol. The van der Waals surface area contributed by atoms with E-state index in [0.29, 0.717) is 22.8 Å². The van der Waals surface area contributed by atoms with Crippen molar-refractivity contribution in [1.29, 1.82) is 0 Å². The van der Waals surface area contributed by atoms with E-state index >= 15 is 0 Å². The van der Waals surface area contributed by atoms with E-state index in [1.807, 2.05) is 6.07 Å². The fourth-order valence-corrected chi connectivity index (χ4v) is 1.88. The molecule has 0 saturated heterocycles. The largest absolute Gasteiger partial charge is 0.423 e. The molecular weight excluding hydrogens is 245 g/mol. The normalized spacial score (nSPS) is 10.8. The van der Waals surface area contributed by atoms with Crippen molar-refractivity contribution < 1.29 is 8.81 Å². The molecule has 0 atom stereocenters. The molecule has 1 heterocycles. The zero-order valence-corrected chi connectivity index (χ0v) is 10.3. The summed E-state index contributed by atoms with van der Waals surface area (Å²) < 4.78 is 18.5. The minimum atomic E-state index is -0.279. The smallest absolute Gasteiger partial charge is 0.302 e. The molecule has 0 aliphatic heterocycles. The van der Waals surface area contributed by atoms with Gasteiger partial charge in [0.1, 0.15) is 11.3 Å². The lowest BCUT2D eigenvalue weighted by Gasteiger charge is -2.13. The highest BCUT2D eigenvalue weighted by molar-refractivity contribution is 5.86. The number of oxazole rings is 1. The zero-order chi connectivity index (χ0) is 13.4. The number of anilines is 3. The van der Waals surface area contributed by atoms with Crippen LogP contribution in [-0.2, 0) is 0 Å². The number of para-hydroxylation sites is 1. The number of hydrogen-bond acceptors (Lipinski definition) is 4. The predicted molar refractivity (Wildman–Crippen MR) is 72.9 cm³/mol. The Morgan fingerprint density at radius 2 is 1.89 bits per heavy atom. The second kappa shape index (κ2) is 4.28. The highest BCUT2D eigenvalue weighted by atomic mass is 19.1. The van der Waals surface area contributed by atoms with Gasteiger partial charge in [-0.15, -0.1) is 0 Å². The van der Waals surface area contributed by atoms with E-state index in [9.17, 15) is 4.39 Å². The van der Waals surface area contributed by atoms with Gasteiger partial charge >= 0.3 is 6.01 Å². The van der Waals surface area contributed by atoms with E-state index in [1.165, 1.54) is 12.1 Å². The van der Waals surface area contributed by atoms with Crippen molar-refractivity contribution in [2.75, 3.05) is 17.7 Å². The van der Waals surface area contributed by atoms with Crippen molar-refractivity contribution in [2.24, 2.45) is 0 Å². The summed E-state index contributed by atoms with van der Waals surface area (Å²) in [7, 11) is 1.80. The minimum absolute atomic E-state index is 0.279. The molecule has 0 saturated carbocycles. The van der Waals surface area contributed by atoms with Crippen molar-refractivity contribution in [3.8, 4) is 0 Å². The Morgan fingerprint density at radius 3 is 2.58 bits per heavy atom. The van der Waals surface area contributed by atoms with E-state index in [0.717, 1.165) is 5.69 Å². The first kappa shape index (κ1) is 11.5. The van der Waals surface area contributed by atoms with Crippen LogP contribution in [0.15, 0.2) is 46.9 Å². The highest BCUT2D eigenvalue weighted by Crippen LogP contribution is 2.29. The van der Waals surface area contributed by atoms with Crippen molar-refractivity contribution in [3.63, 3.8) is 0 Å². The van der Waals surface area contributed by atoms with Crippen LogP contribution in [0.4, 0.5) is 21.8 Å². The summed E-state index contributed by atoms with van der Waals surface area (Å²) in [6.07, 6.45) is 0. The fraction of sp³-hybridized carbons (Fsp3) is 0.0714. The van der Waals surface area contributed by atoms with Gasteiger partial charge < -0.3 is 10.2 Å². The van der Waals surface area contributed by atoms with Crippen molar-refractivity contribution in [2.45, 2.75) is 0 Å². The molecule has 3 rings (SSSR count). The van der Waals surface area contributed by atoms with Crippen molar-refractivity contribution in [1.82, 2.24) is 4.98 Å². The van der Waals surface area contributed by atoms with Crippen molar-refractivity contribution >= 4 is 28.5 Å². The number of rotatable bonds is 2. The molecular formula is C14H12FN3O. The molecule has 0 bridgehead atoms. The quantitative estimate of drug-likeness (QED) is 0.715. The monoisotopic (exact) mass is 257 g/mol. The van der Waals surface area contributed by atoms with E-state index in [4.69, 9.17) is 10.2 Å². The SMILES string of the molecule is CN(c1ccc(F)cc1)c1nc2c(N)cccc2o1. The van der Waals surface area contributed by atoms with Gasteiger partial charge in [0.2, 0.25) is 0 Å². The number of halogens is 1. The van der Waals surface area contributed by atoms with Crippen molar-refractivity contribution in [3.05, 3.63) is 48.3 Å². The van der Waals surface area contributed by atoms with Crippen LogP contribution in [0.3, 0.4) is 0 Å². The summed E-state index contributed by atoms with van der Waals surface area (Å²) in [5.41, 5.74) is 8.45. The third-order valence-corrected chi connectivity index (χ3v) is 2.94. The lowest BCUT2D eigenvalue weighted by Crippen LogP contribution is -2.09. The Morgan fingerprint density at radius 1 is 1.16 bits per heavy atom. The number of nitrogen functional groups attached to an aromatic ring is 1. The van der Waals surface area contributed by atoms with Gasteiger partial charge in [-0.05, 0) is 36.4 Å². The van der Waals surface area contributed by atoms with Gasteiger partial charge in [-0.1, -0.05) is 6.07 Å². The third-order valence-electron chi connectivity index (χ3n) is 2.94. The Hall–Kier alpha value is -2.56. The molecule has 0 aliphatic rings. The topological polar surface area (TPSA) is 55.3 Å². The number of aromatic nitrogens is 1. The molecule has 0 aliphatic carbocycles. The molecule has 2 aromatic carbocycles. The van der Waals surface area contributed by atoms with Crippen LogP contribution >= 0.6 is 0 Å². The lowest BCUT2D eigenvalue weighted by atomic mass is 10.3. The fourth-order valence-electron chi connectivity index (χ4n) is 1.88. The van der Waals surface area contributed by atoms with E-state index in [-0.39, 0.29) is 5.82 Å². The summed E-state index contributed by atoms with van der Waals surface area (Å²) in [5.74, 6) is -0.279. The van der Waals surface area contributed by atoms with Gasteiger partial charge in [-0.2, -0.15) is 4.98 Å². The summed E-state index contributed by atoms with van der Waals surface area (Å²) in [6, 6.07) is 11.9. The Bertz CT molecular complexity index is 721. The summed E-state index contributed by atoms with van der Waals surface area (Å²) >= 11 is 0. The Balaban J connectivity index is 2.04. The first-order valence-electron chi connectivity index (χ1n) is 5.79. The summed E-state index contributed by atoms with van der Waals surface area (Å²) in [6.45, 7) is 0. The van der Waals surface area contributed by atoms with Gasteiger partial charge in [-0.3, -0.25) is 4.90 Å². The molecule has 19 heavy (non-hydrogen) atoms. The molecule has 2 N–H and O–H groups in total. The van der Waals surface area contributed by atoms with Gasteiger partial charge in [0.15, 0.2) is 5.58 Å². The molecule has 96 valence electrons. The molecule has 0 unspecified atom stereocenters. The van der Waals surface area contributed by atoms with Crippen LogP contribution in [-0.4, -0.2) is 12.0 Å². The lowest BCUT2D eigenvalue weighted by molar-refractivity contribution is 0.602. The van der Waals surface area contributed by atoms with Gasteiger partial charge in [0, 0.05) is 12.7 Å². The molecule has 0 fully saturated rings. The van der Waals surface area contributed by atoms with Crippen LogP contribution in [0.5, 0.6) is 0 Å². The maximum absolute atomic E-state index is 12.9. The average Bonchev–Trinajstić information content (AvgIpc) is 2.84. The van der Waals surface area contributed by atoms with Crippen LogP contribution in [0, 0.1) is 5.82 Å². The van der Waals surface area contributed by atoms with E-state index < -0.39 is 0 Å². The number of benzene rings is 2. The molecule has 1 aromatic heterocycles. The van der Waals surface area contributed by atoms with Gasteiger partial charge in [0.05, 0.1) is 5.69 Å². The van der Waals surface area contributed by atoms with Gasteiger partial charge in [-0.25, -0.2) is 4.39 Å². The van der Waals surface area contributed by atoms with Crippen LogP contribution < -0.4 is 10.6 Å². The highest BCUT2D eigenvalue weighted by Gasteiger charge is 2.13. The number of fused-ring (bicyclic) bond motifs is 1. The summed E-state index contributed by atoms with van der Waals surface area (Å²) in [5, 5.41) is 0. The number of nitrogens with zero attached hydrogens (tertiary/aromatic N) is 2. The molecule has 4 nitrogen and oxygen atoms in total. The number of nitrogens with two attached hydrogens (primary N) is 1. The Labute approximate surface area is 109 Å². The van der Waals surface area contributed by atoms with E-state index in [1.54, 1.807) is 36.2 Å². The summed E-state index contributed by atoms with van der Waals surface area (Å²) in [4.78, 5) is 6.09. The molecule has 3 aromatic rings. The third kappa shape index (κ3) is 1.99. The first-order chi connectivity index (χ1) is 9.15. The van der Waals surface area contributed by atoms with E-state index in [2.05, 4.69) is 4.98 Å². The molecule has 0 spiro atoms. The van der Waals surface area contributed by atoms with Crippen LogP contribution in [0.25, 0.3) is 11.1 Å². The zero-order valence-electron chi connectivity index (χ0n) is 10.3. The Kier molecular flexibility index (Phi) is 2.59. The van der Waals surface area contributed by atoms with Gasteiger partial charge in [0.25, 0.3) is 0 Å². The predicted octanol–water partition coefficient (Wildman–Crippen LogP) is 3.32. The number of hydrogen-bond donors (Lipinski definition) is 1. The second-order valence-corrected chi connectivity index (χ2v) is 4.23. The maximum Gasteiger partial charge on any atom is 0.302 e. The molecule has 0 amide bonds. The molecule has 5 heteroatoms. The minimum Gasteiger partial charge on any atom is -0.423 e.